The Bertz CT molecular complexity index is 1010. The van der Waals surface area contributed by atoms with Gasteiger partial charge in [0.2, 0.25) is 5.91 Å². The van der Waals surface area contributed by atoms with Gasteiger partial charge in [0.05, 0.1) is 11.0 Å². The number of hydrogen-bond donors (Lipinski definition) is 0. The lowest BCUT2D eigenvalue weighted by Crippen LogP contribution is -2.48. The first-order chi connectivity index (χ1) is 13.2. The molecule has 27 heavy (non-hydrogen) atoms. The summed E-state index contributed by atoms with van der Waals surface area (Å²) in [4.78, 5) is 29.7. The number of amides is 1. The number of hydrogen-bond acceptors (Lipinski definition) is 3. The van der Waals surface area contributed by atoms with Crippen molar-refractivity contribution in [1.82, 2.24) is 18.8 Å². The summed E-state index contributed by atoms with van der Waals surface area (Å²) < 4.78 is 3.75. The molecule has 0 N–H and O–H groups in total. The van der Waals surface area contributed by atoms with Gasteiger partial charge in [0.25, 0.3) is 5.56 Å². The fourth-order valence-electron chi connectivity index (χ4n) is 3.99. The minimum absolute atomic E-state index is 0.00251. The van der Waals surface area contributed by atoms with Gasteiger partial charge in [-0.3, -0.25) is 9.59 Å². The highest BCUT2D eigenvalue weighted by molar-refractivity contribution is 5.79. The van der Waals surface area contributed by atoms with E-state index in [4.69, 9.17) is 0 Å². The molecule has 2 aromatic heterocycles. The maximum Gasteiger partial charge on any atom is 0.275 e. The van der Waals surface area contributed by atoms with Crippen LogP contribution in [0.15, 0.2) is 47.4 Å². The molecule has 3 heterocycles. The first-order valence-corrected chi connectivity index (χ1v) is 9.78. The first kappa shape index (κ1) is 17.8. The highest BCUT2D eigenvalue weighted by Crippen LogP contribution is 2.16. The number of aryl methyl sites for hydroxylation is 1. The van der Waals surface area contributed by atoms with E-state index in [9.17, 15) is 9.59 Å². The van der Waals surface area contributed by atoms with Gasteiger partial charge in [0.1, 0.15) is 5.52 Å². The summed E-state index contributed by atoms with van der Waals surface area (Å²) in [5, 5.41) is 0. The maximum absolute atomic E-state index is 12.9. The van der Waals surface area contributed by atoms with Crippen molar-refractivity contribution in [2.24, 2.45) is 0 Å². The quantitative estimate of drug-likeness (QED) is 0.696. The number of carbonyl (C=O) groups excluding carboxylic acids is 1. The van der Waals surface area contributed by atoms with Gasteiger partial charge < -0.3 is 18.8 Å². The van der Waals surface area contributed by atoms with Crippen molar-refractivity contribution in [2.75, 3.05) is 32.7 Å². The number of para-hydroxylation sites is 2. The normalized spacial score (nSPS) is 15.7. The molecule has 1 aromatic carbocycles. The van der Waals surface area contributed by atoms with Crippen LogP contribution in [0.3, 0.4) is 0 Å². The summed E-state index contributed by atoms with van der Waals surface area (Å²) in [6.45, 7) is 7.29. The van der Waals surface area contributed by atoms with Crippen molar-refractivity contribution >= 4 is 22.5 Å². The summed E-state index contributed by atoms with van der Waals surface area (Å²) in [6, 6.07) is 11.7. The molecule has 1 aliphatic rings. The van der Waals surface area contributed by atoms with Crippen LogP contribution in [0.1, 0.15) is 19.8 Å². The van der Waals surface area contributed by atoms with Crippen molar-refractivity contribution < 1.29 is 4.79 Å². The summed E-state index contributed by atoms with van der Waals surface area (Å²) >= 11 is 0. The Morgan fingerprint density at radius 2 is 1.67 bits per heavy atom. The molecule has 0 spiro atoms. The van der Waals surface area contributed by atoms with E-state index in [1.54, 1.807) is 0 Å². The molecule has 0 atom stereocenters. The van der Waals surface area contributed by atoms with Gasteiger partial charge in [-0.15, -0.1) is 0 Å². The number of nitrogens with zero attached hydrogens (tertiary/aromatic N) is 4. The van der Waals surface area contributed by atoms with Crippen LogP contribution in [0.25, 0.3) is 16.6 Å². The van der Waals surface area contributed by atoms with Crippen molar-refractivity contribution in [3.63, 3.8) is 0 Å². The third-order valence-corrected chi connectivity index (χ3v) is 5.59. The number of rotatable bonds is 5. The molecule has 6 heteroatoms. The lowest BCUT2D eigenvalue weighted by atomic mass is 10.2. The lowest BCUT2D eigenvalue weighted by molar-refractivity contribution is -0.133. The molecular weight excluding hydrogens is 340 g/mol. The van der Waals surface area contributed by atoms with Crippen molar-refractivity contribution in [1.29, 1.82) is 0 Å². The molecule has 0 unspecified atom stereocenters. The van der Waals surface area contributed by atoms with E-state index >= 15 is 0 Å². The number of piperazine rings is 1. The third kappa shape index (κ3) is 3.37. The van der Waals surface area contributed by atoms with E-state index in [1.165, 1.54) is 0 Å². The maximum atomic E-state index is 12.9. The molecule has 0 radical (unpaired) electrons. The second-order valence-corrected chi connectivity index (χ2v) is 7.13. The first-order valence-electron chi connectivity index (χ1n) is 9.78. The molecule has 0 bridgehead atoms. The summed E-state index contributed by atoms with van der Waals surface area (Å²) in [6.07, 6.45) is 3.08. The molecule has 0 saturated carbocycles. The predicted octanol–water partition coefficient (Wildman–Crippen LogP) is 2.20. The van der Waals surface area contributed by atoms with Gasteiger partial charge in [0, 0.05) is 45.3 Å². The molecule has 1 fully saturated rings. The lowest BCUT2D eigenvalue weighted by Gasteiger charge is -2.34. The van der Waals surface area contributed by atoms with Gasteiger partial charge in [-0.25, -0.2) is 0 Å². The van der Waals surface area contributed by atoms with Crippen LogP contribution in [0, 0.1) is 0 Å². The van der Waals surface area contributed by atoms with Crippen molar-refractivity contribution in [3.8, 4) is 0 Å². The van der Waals surface area contributed by atoms with Gasteiger partial charge in [0.15, 0.2) is 0 Å². The molecule has 1 amide bonds. The van der Waals surface area contributed by atoms with Gasteiger partial charge in [-0.05, 0) is 37.2 Å². The Labute approximate surface area is 158 Å². The van der Waals surface area contributed by atoms with Gasteiger partial charge in [-0.2, -0.15) is 0 Å². The largest absolute Gasteiger partial charge is 0.340 e. The van der Waals surface area contributed by atoms with Crippen LogP contribution in [0.4, 0.5) is 0 Å². The Balaban J connectivity index is 1.48. The fourth-order valence-corrected chi connectivity index (χ4v) is 3.99. The van der Waals surface area contributed by atoms with E-state index in [1.807, 2.05) is 56.5 Å². The predicted molar refractivity (Wildman–Crippen MR) is 107 cm³/mol. The van der Waals surface area contributed by atoms with Crippen LogP contribution >= 0.6 is 0 Å². The molecule has 0 aliphatic carbocycles. The number of aromatic nitrogens is 2. The van der Waals surface area contributed by atoms with Crippen LogP contribution in [-0.2, 0) is 11.3 Å². The molecule has 1 aliphatic heterocycles. The second kappa shape index (κ2) is 7.56. The fraction of sp³-hybridized carbons (Fsp3) is 0.429. The second-order valence-electron chi connectivity index (χ2n) is 7.13. The van der Waals surface area contributed by atoms with E-state index in [0.29, 0.717) is 24.9 Å². The van der Waals surface area contributed by atoms with Crippen LogP contribution < -0.4 is 5.56 Å². The summed E-state index contributed by atoms with van der Waals surface area (Å²) in [5.74, 6) is 0.201. The van der Waals surface area contributed by atoms with Crippen LogP contribution in [0.5, 0.6) is 0 Å². The minimum Gasteiger partial charge on any atom is -0.340 e. The average molecular weight is 366 g/mol. The zero-order valence-electron chi connectivity index (χ0n) is 15.8. The SMILES string of the molecule is CCN1CCN(C(=O)CCCn2c(=O)c3cccn3c3ccccc32)CC1. The molecule has 1 saturated heterocycles. The highest BCUT2D eigenvalue weighted by Gasteiger charge is 2.20. The molecular formula is C21H26N4O2. The van der Waals surface area contributed by atoms with E-state index < -0.39 is 0 Å². The van der Waals surface area contributed by atoms with Crippen molar-refractivity contribution in [3.05, 3.63) is 52.9 Å². The topological polar surface area (TPSA) is 50.0 Å². The zero-order chi connectivity index (χ0) is 18.8. The van der Waals surface area contributed by atoms with E-state index in [-0.39, 0.29) is 11.5 Å². The highest BCUT2D eigenvalue weighted by atomic mass is 16.2. The Morgan fingerprint density at radius 3 is 2.41 bits per heavy atom. The zero-order valence-corrected chi connectivity index (χ0v) is 15.8. The number of fused-ring (bicyclic) bond motifs is 3. The smallest absolute Gasteiger partial charge is 0.275 e. The van der Waals surface area contributed by atoms with Gasteiger partial charge >= 0.3 is 0 Å². The Hall–Kier alpha value is -2.60. The molecule has 4 rings (SSSR count). The number of carbonyl (C=O) groups is 1. The van der Waals surface area contributed by atoms with Crippen LogP contribution in [-0.4, -0.2) is 57.4 Å². The standard InChI is InChI=1S/C21H26N4O2/c1-2-22-13-15-23(16-14-22)20(26)10-6-12-25-18-8-4-3-7-17(18)24-11-5-9-19(24)21(25)27/h3-5,7-9,11H,2,6,10,12-16H2,1H3. The molecule has 3 aromatic rings. The molecule has 6 nitrogen and oxygen atoms in total. The molecule has 142 valence electrons. The monoisotopic (exact) mass is 366 g/mol. The number of benzene rings is 1. The minimum atomic E-state index is 0.00251. The van der Waals surface area contributed by atoms with Crippen molar-refractivity contribution in [2.45, 2.75) is 26.3 Å². The Morgan fingerprint density at radius 1 is 0.963 bits per heavy atom. The van der Waals surface area contributed by atoms with Crippen LogP contribution in [0.2, 0.25) is 0 Å². The third-order valence-electron chi connectivity index (χ3n) is 5.59. The summed E-state index contributed by atoms with van der Waals surface area (Å²) in [7, 11) is 0. The van der Waals surface area contributed by atoms with E-state index in [0.717, 1.165) is 43.8 Å². The number of likely N-dealkylation sites (N-methyl/N-ethyl adjacent to an activating group) is 1. The van der Waals surface area contributed by atoms with Gasteiger partial charge in [-0.1, -0.05) is 19.1 Å². The Kier molecular flexibility index (Phi) is 4.99. The average Bonchev–Trinajstić information content (AvgIpc) is 3.21. The van der Waals surface area contributed by atoms with E-state index in [2.05, 4.69) is 11.8 Å². The summed E-state index contributed by atoms with van der Waals surface area (Å²) in [5.41, 5.74) is 2.60.